The Labute approximate surface area is 849 Å². The molecule has 4 fully saturated rings. The molecule has 0 radical (unpaired) electrons. The molecular formula is C99H161N17O29. The van der Waals surface area contributed by atoms with Gasteiger partial charge >= 0.3 is 83.6 Å². The molecule has 3 aromatic rings. The third-order valence-corrected chi connectivity index (χ3v) is 24.6. The van der Waals surface area contributed by atoms with Crippen LogP contribution in [0, 0.1) is 5.92 Å². The summed E-state index contributed by atoms with van der Waals surface area (Å²) in [6, 6.07) is 23.6. The molecule has 46 nitrogen and oxygen atoms in total. The highest BCUT2D eigenvalue weighted by Gasteiger charge is 2.33. The number of hydrogen-bond donors (Lipinski definition) is 15. The Bertz CT molecular complexity index is 4480. The molecule has 4 aliphatic rings. The van der Waals surface area contributed by atoms with Crippen molar-refractivity contribution in [2.75, 3.05) is 300 Å². The summed E-state index contributed by atoms with van der Waals surface area (Å²) in [5, 5.41) is 135. The molecule has 15 N–H and O–H groups in total. The molecule has 0 amide bonds. The quantitative estimate of drug-likeness (QED) is 0.0377. The van der Waals surface area contributed by atoms with Crippen molar-refractivity contribution in [1.29, 1.82) is 0 Å². The maximum atomic E-state index is 12.3. The molecule has 0 bridgehead atoms. The minimum absolute atomic E-state index is 0.0330. The first kappa shape index (κ1) is 126. The highest BCUT2D eigenvalue weighted by atomic mass is 16.4. The van der Waals surface area contributed by atoms with Crippen LogP contribution >= 0.6 is 0 Å². The lowest BCUT2D eigenvalue weighted by molar-refractivity contribution is -0.142. The molecule has 4 heterocycles. The molecule has 145 heavy (non-hydrogen) atoms. The van der Waals surface area contributed by atoms with Crippen LogP contribution in [0.5, 0.6) is 0 Å². The standard InChI is InChI=1S/C27H43N5O8.C27H42N4O8.C25H40N4O6.C20H36N4O7/c1-27(2,3)28-21-6-4-20(5-7-21)14-22-15-31(18-25(37)38)11-10-29(16-23(33)34)8-9-30(17-24(35)36)12-13-32(22)19-26(39)40;1-27(2,3)21-6-4-20(5-7-21)14-22-15-30(18-25(36)37)11-10-28(16-23(32)33)8-9-29(17-24(34)35)12-13-31(22)19-26(38)39;1-25(2,3)21-6-4-20(5-7-21)16-26-8-10-27(17-22(30)31)12-14-29(19-24(34)35)15-13-28(11-9-26)18-23(32)33;1-16(2)11-17(25)12-21-3-5-22(13-18(26)27)7-9-24(15-20(30)31)10-8-23(6-4-21)14-19(28)29/h4-7,22,28H,8-19H2,1-3H3,(H,33,34)(H,35,36)(H,37,38)(H,39,40);4-7,22H,8-19H2,1-3H3,(H,32,33)(H,34,35)(H,36,37)(H,38,39);4-7H,8-19H2,1-3H3,(H,30,31)(H,32,33)(H,34,35);16H,3-15H2,1-2H3,(H,26,27)(H,28,29)(H,30,31). The van der Waals surface area contributed by atoms with Crippen LogP contribution in [0.15, 0.2) is 72.8 Å². The van der Waals surface area contributed by atoms with Crippen molar-refractivity contribution < 1.29 is 143 Å². The van der Waals surface area contributed by atoms with Crippen molar-refractivity contribution in [3.05, 3.63) is 101 Å². The van der Waals surface area contributed by atoms with E-state index in [1.807, 2.05) is 77.1 Å². The van der Waals surface area contributed by atoms with Crippen molar-refractivity contribution in [3.8, 4) is 0 Å². The molecule has 7 rings (SSSR count). The summed E-state index contributed by atoms with van der Waals surface area (Å²) in [6.45, 7) is 31.6. The first-order chi connectivity index (χ1) is 67.9. The van der Waals surface area contributed by atoms with Gasteiger partial charge in [0.1, 0.15) is 5.78 Å². The number of nitrogens with one attached hydrogen (secondary N) is 1. The normalized spacial score (nSPS) is 19.1. The molecule has 0 spiro atoms. The molecule has 0 saturated carbocycles. The Balaban J connectivity index is 0.000000405. The van der Waals surface area contributed by atoms with Gasteiger partial charge in [0.2, 0.25) is 0 Å². The van der Waals surface area contributed by atoms with E-state index in [0.29, 0.717) is 131 Å². The van der Waals surface area contributed by atoms with E-state index in [2.05, 4.69) is 96.8 Å². The summed E-state index contributed by atoms with van der Waals surface area (Å²) in [7, 11) is 0. The van der Waals surface area contributed by atoms with Crippen molar-refractivity contribution in [2.45, 2.75) is 130 Å². The number of ketones is 1. The highest BCUT2D eigenvalue weighted by molar-refractivity contribution is 5.81. The number of nitrogens with zero attached hydrogens (tertiary/aromatic N) is 16. The van der Waals surface area contributed by atoms with Crippen LogP contribution in [0.1, 0.15) is 110 Å². The third kappa shape index (κ3) is 58.3. The number of carboxylic acids is 14. The number of benzene rings is 3. The number of hydrogen-bond acceptors (Lipinski definition) is 32. The summed E-state index contributed by atoms with van der Waals surface area (Å²) < 4.78 is 0. The third-order valence-electron chi connectivity index (χ3n) is 24.6. The summed E-state index contributed by atoms with van der Waals surface area (Å²) in [4.78, 5) is 201. The van der Waals surface area contributed by atoms with E-state index in [1.54, 1.807) is 58.8 Å². The lowest BCUT2D eigenvalue weighted by Crippen LogP contribution is -2.53. The number of carbonyl (C=O) groups is 15. The smallest absolute Gasteiger partial charge is 0.317 e. The van der Waals surface area contributed by atoms with E-state index in [9.17, 15) is 138 Å². The Morgan fingerprint density at radius 2 is 0.434 bits per heavy atom. The molecular weight excluding hydrogens is 1890 g/mol. The van der Waals surface area contributed by atoms with Gasteiger partial charge in [0.25, 0.3) is 0 Å². The predicted molar refractivity (Wildman–Crippen MR) is 539 cm³/mol. The van der Waals surface area contributed by atoms with Gasteiger partial charge in [-0.3, -0.25) is 150 Å². The zero-order chi connectivity index (χ0) is 108. The second-order valence-corrected chi connectivity index (χ2v) is 41.1. The Kier molecular flexibility index (Phi) is 56.6. The first-order valence-corrected chi connectivity index (χ1v) is 49.1. The molecule has 0 aliphatic carbocycles. The average molecular weight is 2050 g/mol. The van der Waals surface area contributed by atoms with Gasteiger partial charge in [-0.05, 0) is 90.3 Å². The fourth-order valence-corrected chi connectivity index (χ4v) is 17.3. The van der Waals surface area contributed by atoms with Crippen LogP contribution in [0.25, 0.3) is 0 Å². The number of Topliss-reactive ketones (excluding diaryl/α,β-unsaturated/α-hetero) is 1. The molecule has 2 unspecified atom stereocenters. The number of aliphatic carboxylic acids is 14. The van der Waals surface area contributed by atoms with E-state index >= 15 is 0 Å². The van der Waals surface area contributed by atoms with E-state index in [1.165, 1.54) is 5.56 Å². The predicted octanol–water partition coefficient (Wildman–Crippen LogP) is 0.860. The van der Waals surface area contributed by atoms with Crippen LogP contribution in [0.2, 0.25) is 0 Å². The van der Waals surface area contributed by atoms with E-state index in [-0.39, 0.29) is 224 Å². The minimum Gasteiger partial charge on any atom is -0.480 e. The lowest BCUT2D eigenvalue weighted by Gasteiger charge is -2.37. The molecule has 4 saturated heterocycles. The van der Waals surface area contributed by atoms with Crippen molar-refractivity contribution in [1.82, 2.24) is 78.4 Å². The Morgan fingerprint density at radius 1 is 0.248 bits per heavy atom. The zero-order valence-corrected chi connectivity index (χ0v) is 86.3. The van der Waals surface area contributed by atoms with Gasteiger partial charge in [-0.15, -0.1) is 0 Å². The van der Waals surface area contributed by atoms with Gasteiger partial charge in [-0.25, -0.2) is 0 Å². The number of carbonyl (C=O) groups excluding carboxylic acids is 1. The lowest BCUT2D eigenvalue weighted by atomic mass is 9.86. The van der Waals surface area contributed by atoms with Gasteiger partial charge in [0.05, 0.1) is 98.2 Å². The van der Waals surface area contributed by atoms with Crippen molar-refractivity contribution >= 4 is 95.0 Å². The van der Waals surface area contributed by atoms with Crippen LogP contribution in [-0.2, 0) is 102 Å². The Hall–Kier alpha value is -10.9. The largest absolute Gasteiger partial charge is 0.480 e. The summed E-state index contributed by atoms with van der Waals surface area (Å²) in [6.07, 6.45) is 1.36. The fraction of sp³-hybridized carbons (Fsp3) is 0.667. The van der Waals surface area contributed by atoms with Gasteiger partial charge in [-0.2, -0.15) is 0 Å². The van der Waals surface area contributed by atoms with E-state index in [4.69, 9.17) is 5.11 Å². The monoisotopic (exact) mass is 2050 g/mol. The summed E-state index contributed by atoms with van der Waals surface area (Å²) >= 11 is 0. The molecule has 3 aromatic carbocycles. The van der Waals surface area contributed by atoms with E-state index in [0.717, 1.165) is 27.9 Å². The fourth-order valence-electron chi connectivity index (χ4n) is 17.3. The minimum atomic E-state index is -1.04. The SMILES string of the molecule is CC(C)(C)Nc1ccc(CC2CN(CC(=O)O)CCN(CC(=O)O)CCN(CC(=O)O)CCN2CC(=O)O)cc1.CC(C)(C)c1ccc(CC2CN(CC(=O)O)CCN(CC(=O)O)CCN(CC(=O)O)CCN2CC(=O)O)cc1.CC(C)(C)c1ccc(CN2CCN(CC(=O)O)CCN(CC(=O)O)CCN(CC(=O)O)CC2)cc1.CC(C)CC(=O)CN1CCN(CC(=O)O)CCN(CC(=O)O)CCN(CC(=O)O)CC1. The number of carboxylic acid groups (broad SMARTS) is 14. The van der Waals surface area contributed by atoms with Gasteiger partial charge < -0.3 is 76.8 Å². The van der Waals surface area contributed by atoms with Gasteiger partial charge in [0, 0.05) is 233 Å². The van der Waals surface area contributed by atoms with E-state index < -0.39 is 89.6 Å². The Morgan fingerprint density at radius 3 is 0.641 bits per heavy atom. The number of rotatable bonds is 39. The van der Waals surface area contributed by atoms with Gasteiger partial charge in [-0.1, -0.05) is 116 Å². The number of anilines is 1. The zero-order valence-electron chi connectivity index (χ0n) is 86.3. The van der Waals surface area contributed by atoms with Crippen LogP contribution in [0.4, 0.5) is 5.69 Å². The summed E-state index contributed by atoms with van der Waals surface area (Å²) in [5.41, 5.74) is 6.31. The molecule has 4 aliphatic heterocycles. The van der Waals surface area contributed by atoms with Crippen LogP contribution in [-0.4, -0.2) is 551 Å². The maximum Gasteiger partial charge on any atom is 0.317 e. The molecule has 0 aromatic heterocycles. The van der Waals surface area contributed by atoms with Crippen molar-refractivity contribution in [2.24, 2.45) is 5.92 Å². The van der Waals surface area contributed by atoms with Crippen LogP contribution < -0.4 is 5.32 Å². The van der Waals surface area contributed by atoms with Crippen molar-refractivity contribution in [3.63, 3.8) is 0 Å². The molecule has 46 heteroatoms. The topological polar surface area (TPSA) is 603 Å². The van der Waals surface area contributed by atoms with Gasteiger partial charge in [0.15, 0.2) is 0 Å². The summed E-state index contributed by atoms with van der Waals surface area (Å²) in [5.74, 6) is -13.6. The molecule has 816 valence electrons. The second-order valence-electron chi connectivity index (χ2n) is 41.1. The molecule has 2 atom stereocenters. The average Bonchev–Trinajstić information content (AvgIpc) is 0.842. The maximum absolute atomic E-state index is 12.3. The second kappa shape index (κ2) is 64.9. The first-order valence-electron chi connectivity index (χ1n) is 49.1. The van der Waals surface area contributed by atoms with Crippen LogP contribution in [0.3, 0.4) is 0 Å². The highest BCUT2D eigenvalue weighted by Crippen LogP contribution is 2.26.